The van der Waals surface area contributed by atoms with Crippen LogP contribution >= 0.6 is 11.3 Å². The lowest BCUT2D eigenvalue weighted by Crippen LogP contribution is -2.37. The quantitative estimate of drug-likeness (QED) is 0.537. The molecule has 2 aromatic rings. The van der Waals surface area contributed by atoms with Crippen LogP contribution in [0.25, 0.3) is 10.2 Å². The third kappa shape index (κ3) is 3.91. The number of anilines is 1. The monoisotopic (exact) mass is 441 g/mol. The number of amides is 1. The van der Waals surface area contributed by atoms with Crippen molar-refractivity contribution in [3.8, 4) is 0 Å². The van der Waals surface area contributed by atoms with E-state index in [1.807, 2.05) is 30.2 Å². The molecule has 2 saturated heterocycles. The molecule has 0 saturated carbocycles. The van der Waals surface area contributed by atoms with Crippen LogP contribution in [-0.4, -0.2) is 80.5 Å². The summed E-state index contributed by atoms with van der Waals surface area (Å²) in [5.74, 6) is 1.22. The Balaban J connectivity index is 1.66. The fourth-order valence-corrected chi connectivity index (χ4v) is 6.03. The van der Waals surface area contributed by atoms with Crippen molar-refractivity contribution in [1.82, 2.24) is 14.8 Å². The van der Waals surface area contributed by atoms with Gasteiger partial charge in [0.15, 0.2) is 0 Å². The van der Waals surface area contributed by atoms with E-state index >= 15 is 0 Å². The molecular formula is C23H31N5O2S. The number of rotatable bonds is 4. The molecule has 8 heteroatoms. The van der Waals surface area contributed by atoms with Gasteiger partial charge in [-0.25, -0.2) is 9.98 Å². The Kier molecular flexibility index (Phi) is 5.84. The first-order valence-corrected chi connectivity index (χ1v) is 12.3. The Morgan fingerprint density at radius 2 is 1.81 bits per heavy atom. The summed E-state index contributed by atoms with van der Waals surface area (Å²) < 4.78 is 5.56. The zero-order valence-corrected chi connectivity index (χ0v) is 19.3. The number of aryl methyl sites for hydroxylation is 1. The summed E-state index contributed by atoms with van der Waals surface area (Å²) in [6.45, 7) is 4.93. The van der Waals surface area contributed by atoms with Gasteiger partial charge in [-0.15, -0.1) is 11.3 Å². The summed E-state index contributed by atoms with van der Waals surface area (Å²) in [4.78, 5) is 31.5. The van der Waals surface area contributed by atoms with Crippen molar-refractivity contribution in [1.29, 1.82) is 0 Å². The molecule has 0 bridgehead atoms. The predicted molar refractivity (Wildman–Crippen MR) is 126 cm³/mol. The van der Waals surface area contributed by atoms with E-state index < -0.39 is 0 Å². The smallest absolute Gasteiger partial charge is 0.266 e. The number of hydrogen-bond acceptors (Lipinski definition) is 6. The molecule has 0 spiro atoms. The Labute approximate surface area is 187 Å². The number of aliphatic imine (C=N–C) groups is 1. The Bertz CT molecular complexity index is 1000. The SMILES string of the molecule is CN(C)C=Nc1c(C(=O)N2CCCCC2)sc2nc(N3CCOCC3)c3c(c12)CCC3. The summed E-state index contributed by atoms with van der Waals surface area (Å²) in [6.07, 6.45) is 8.40. The third-order valence-corrected chi connectivity index (χ3v) is 7.49. The number of morpholine rings is 1. The van der Waals surface area contributed by atoms with E-state index in [1.54, 1.807) is 0 Å². The number of fused-ring (bicyclic) bond motifs is 3. The molecule has 2 aliphatic heterocycles. The van der Waals surface area contributed by atoms with E-state index in [9.17, 15) is 4.79 Å². The zero-order valence-electron chi connectivity index (χ0n) is 18.5. The molecule has 0 unspecified atom stereocenters. The topological polar surface area (TPSA) is 61.3 Å². The third-order valence-electron chi connectivity index (χ3n) is 6.43. The number of likely N-dealkylation sites (tertiary alicyclic amines) is 1. The molecule has 1 aliphatic carbocycles. The zero-order chi connectivity index (χ0) is 21.4. The summed E-state index contributed by atoms with van der Waals surface area (Å²) in [5.41, 5.74) is 3.53. The molecule has 4 heterocycles. The lowest BCUT2D eigenvalue weighted by atomic mass is 10.1. The molecule has 2 aromatic heterocycles. The summed E-state index contributed by atoms with van der Waals surface area (Å²) in [7, 11) is 3.92. The molecule has 5 rings (SSSR count). The number of aromatic nitrogens is 1. The highest BCUT2D eigenvalue weighted by molar-refractivity contribution is 7.21. The van der Waals surface area contributed by atoms with E-state index in [1.165, 1.54) is 28.9 Å². The first-order chi connectivity index (χ1) is 15.1. The van der Waals surface area contributed by atoms with Crippen molar-refractivity contribution in [3.05, 3.63) is 16.0 Å². The number of pyridine rings is 1. The maximum absolute atomic E-state index is 13.5. The predicted octanol–water partition coefficient (Wildman–Crippen LogP) is 3.47. The average molecular weight is 442 g/mol. The van der Waals surface area contributed by atoms with E-state index in [4.69, 9.17) is 14.7 Å². The fraction of sp³-hybridized carbons (Fsp3) is 0.609. The van der Waals surface area contributed by atoms with Crippen molar-refractivity contribution in [2.24, 2.45) is 4.99 Å². The highest BCUT2D eigenvalue weighted by Crippen LogP contribution is 2.45. The van der Waals surface area contributed by atoms with E-state index in [-0.39, 0.29) is 5.91 Å². The van der Waals surface area contributed by atoms with Crippen molar-refractivity contribution < 1.29 is 9.53 Å². The van der Waals surface area contributed by atoms with Crippen molar-refractivity contribution >= 4 is 45.3 Å². The van der Waals surface area contributed by atoms with Crippen LogP contribution in [0.15, 0.2) is 4.99 Å². The van der Waals surface area contributed by atoms with Crippen LogP contribution in [0.1, 0.15) is 46.5 Å². The van der Waals surface area contributed by atoms with E-state index in [0.29, 0.717) is 0 Å². The normalized spacial score (nSPS) is 19.4. The number of carbonyl (C=O) groups is 1. The Morgan fingerprint density at radius 3 is 2.55 bits per heavy atom. The van der Waals surface area contributed by atoms with Gasteiger partial charge in [-0.05, 0) is 49.7 Å². The molecule has 0 radical (unpaired) electrons. The molecule has 166 valence electrons. The van der Waals surface area contributed by atoms with Crippen LogP contribution < -0.4 is 4.90 Å². The summed E-state index contributed by atoms with van der Waals surface area (Å²) >= 11 is 1.53. The van der Waals surface area contributed by atoms with Crippen molar-refractivity contribution in [3.63, 3.8) is 0 Å². The molecule has 0 atom stereocenters. The van der Waals surface area contributed by atoms with Gasteiger partial charge in [-0.2, -0.15) is 0 Å². The van der Waals surface area contributed by atoms with Gasteiger partial charge in [-0.3, -0.25) is 4.79 Å². The first kappa shape index (κ1) is 20.7. The van der Waals surface area contributed by atoms with Gasteiger partial charge in [0.05, 0.1) is 25.2 Å². The van der Waals surface area contributed by atoms with Gasteiger partial charge in [0.25, 0.3) is 5.91 Å². The van der Waals surface area contributed by atoms with Crippen LogP contribution in [0.4, 0.5) is 11.5 Å². The number of hydrogen-bond donors (Lipinski definition) is 0. The second-order valence-electron chi connectivity index (χ2n) is 8.87. The van der Waals surface area contributed by atoms with Crippen LogP contribution in [0.3, 0.4) is 0 Å². The van der Waals surface area contributed by atoms with Gasteiger partial charge in [0.2, 0.25) is 0 Å². The first-order valence-electron chi connectivity index (χ1n) is 11.4. The van der Waals surface area contributed by atoms with E-state index in [2.05, 4.69) is 4.90 Å². The minimum atomic E-state index is 0.119. The van der Waals surface area contributed by atoms with Crippen LogP contribution in [0.2, 0.25) is 0 Å². The minimum absolute atomic E-state index is 0.119. The molecule has 1 amide bonds. The van der Waals surface area contributed by atoms with Gasteiger partial charge >= 0.3 is 0 Å². The lowest BCUT2D eigenvalue weighted by Gasteiger charge is -2.29. The number of ether oxygens (including phenoxy) is 1. The summed E-state index contributed by atoms with van der Waals surface area (Å²) in [6, 6.07) is 0. The van der Waals surface area contributed by atoms with Crippen LogP contribution in [-0.2, 0) is 17.6 Å². The van der Waals surface area contributed by atoms with Gasteiger partial charge < -0.3 is 19.4 Å². The molecule has 31 heavy (non-hydrogen) atoms. The highest BCUT2D eigenvalue weighted by atomic mass is 32.1. The molecule has 0 N–H and O–H groups in total. The summed E-state index contributed by atoms with van der Waals surface area (Å²) in [5, 5.41) is 1.10. The fourth-order valence-electron chi connectivity index (χ4n) is 4.91. The maximum atomic E-state index is 13.5. The second kappa shape index (κ2) is 8.74. The number of carbonyl (C=O) groups excluding carboxylic acids is 1. The second-order valence-corrected chi connectivity index (χ2v) is 9.87. The van der Waals surface area contributed by atoms with Gasteiger partial charge in [0.1, 0.15) is 15.5 Å². The average Bonchev–Trinajstić information content (AvgIpc) is 3.42. The van der Waals surface area contributed by atoms with Crippen molar-refractivity contribution in [2.75, 3.05) is 58.4 Å². The van der Waals surface area contributed by atoms with Crippen LogP contribution in [0.5, 0.6) is 0 Å². The van der Waals surface area contributed by atoms with E-state index in [0.717, 1.165) is 98.1 Å². The highest BCUT2D eigenvalue weighted by Gasteiger charge is 2.31. The molecule has 2 fully saturated rings. The maximum Gasteiger partial charge on any atom is 0.266 e. The van der Waals surface area contributed by atoms with Crippen LogP contribution in [0, 0.1) is 0 Å². The molecule has 3 aliphatic rings. The largest absolute Gasteiger partial charge is 0.378 e. The number of piperidine rings is 1. The van der Waals surface area contributed by atoms with Gasteiger partial charge in [-0.1, -0.05) is 0 Å². The van der Waals surface area contributed by atoms with Crippen molar-refractivity contribution in [2.45, 2.75) is 38.5 Å². The minimum Gasteiger partial charge on any atom is -0.378 e. The molecular weight excluding hydrogens is 410 g/mol. The van der Waals surface area contributed by atoms with Gasteiger partial charge in [0, 0.05) is 45.7 Å². The molecule has 7 nitrogen and oxygen atoms in total. The number of nitrogens with zero attached hydrogens (tertiary/aromatic N) is 5. The standard InChI is InChI=1S/C23H31N5O2S/c1-26(2)15-24-19-18-16-7-6-8-17(16)21(27-11-13-30-14-12-27)25-22(18)31-20(19)23(29)28-9-4-3-5-10-28/h15H,3-14H2,1-2H3. The lowest BCUT2D eigenvalue weighted by molar-refractivity contribution is 0.0730. The Morgan fingerprint density at radius 1 is 1.06 bits per heavy atom. The molecule has 0 aromatic carbocycles. The Hall–Kier alpha value is -2.19. The number of thiophene rings is 1.